The number of carbonyl (C=O) groups excluding carboxylic acids is 1. The third-order valence-electron chi connectivity index (χ3n) is 3.04. The summed E-state index contributed by atoms with van der Waals surface area (Å²) in [7, 11) is 0. The highest BCUT2D eigenvalue weighted by Gasteiger charge is 2.25. The van der Waals surface area contributed by atoms with Gasteiger partial charge in [-0.3, -0.25) is 14.5 Å². The highest BCUT2D eigenvalue weighted by molar-refractivity contribution is 5.94. The maximum atomic E-state index is 12.4. The monoisotopic (exact) mass is 268 g/mol. The third kappa shape index (κ3) is 4.08. The van der Waals surface area contributed by atoms with Crippen LogP contribution in [0.1, 0.15) is 38.9 Å². The highest BCUT2D eigenvalue weighted by atomic mass is 16.5. The van der Waals surface area contributed by atoms with Gasteiger partial charge in [-0.2, -0.15) is 0 Å². The van der Waals surface area contributed by atoms with E-state index in [1.165, 1.54) is 4.90 Å². The molecule has 6 nitrogen and oxygen atoms in total. The Bertz CT molecular complexity index is 438. The molecule has 1 rings (SSSR count). The SMILES string of the molecule is CCC(CC)C(=O)N(CCC(=O)O)c1cc(C)on1. The molecule has 19 heavy (non-hydrogen) atoms. The Balaban J connectivity index is 2.91. The first kappa shape index (κ1) is 15.2. The molecule has 1 N–H and O–H groups in total. The molecule has 0 unspecified atom stereocenters. The van der Waals surface area contributed by atoms with Crippen molar-refractivity contribution in [2.45, 2.75) is 40.0 Å². The lowest BCUT2D eigenvalue weighted by Gasteiger charge is -2.23. The summed E-state index contributed by atoms with van der Waals surface area (Å²) in [6, 6.07) is 1.64. The predicted molar refractivity (Wildman–Crippen MR) is 69.9 cm³/mol. The fourth-order valence-electron chi connectivity index (χ4n) is 1.88. The standard InChI is InChI=1S/C13H20N2O4/c1-4-10(5-2)13(18)15(7-6-12(16)17)11-8-9(3)19-14-11/h8,10H,4-7H2,1-3H3,(H,16,17). The van der Waals surface area contributed by atoms with Gasteiger partial charge in [-0.25, -0.2) is 0 Å². The molecule has 0 spiro atoms. The van der Waals surface area contributed by atoms with E-state index >= 15 is 0 Å². The van der Waals surface area contributed by atoms with Gasteiger partial charge in [-0.1, -0.05) is 19.0 Å². The molecule has 1 aromatic rings. The van der Waals surface area contributed by atoms with Gasteiger partial charge in [-0.15, -0.1) is 0 Å². The summed E-state index contributed by atoms with van der Waals surface area (Å²) >= 11 is 0. The summed E-state index contributed by atoms with van der Waals surface area (Å²) in [5.41, 5.74) is 0. The van der Waals surface area contributed by atoms with E-state index < -0.39 is 5.97 Å². The van der Waals surface area contributed by atoms with Gasteiger partial charge < -0.3 is 9.63 Å². The molecule has 0 saturated carbocycles. The van der Waals surface area contributed by atoms with E-state index in [0.717, 1.165) is 12.8 Å². The van der Waals surface area contributed by atoms with Crippen LogP contribution in [0.15, 0.2) is 10.6 Å². The number of hydrogen-bond acceptors (Lipinski definition) is 4. The van der Waals surface area contributed by atoms with Crippen LogP contribution in [0.25, 0.3) is 0 Å². The summed E-state index contributed by atoms with van der Waals surface area (Å²) in [4.78, 5) is 24.5. The summed E-state index contributed by atoms with van der Waals surface area (Å²) in [6.45, 7) is 5.72. The molecule has 1 aromatic heterocycles. The first-order valence-electron chi connectivity index (χ1n) is 6.46. The molecule has 0 aliphatic rings. The van der Waals surface area contributed by atoms with Crippen LogP contribution in [0.4, 0.5) is 5.82 Å². The molecule has 106 valence electrons. The lowest BCUT2D eigenvalue weighted by Crippen LogP contribution is -2.37. The smallest absolute Gasteiger partial charge is 0.305 e. The topological polar surface area (TPSA) is 83.6 Å². The van der Waals surface area contributed by atoms with E-state index in [9.17, 15) is 9.59 Å². The lowest BCUT2D eigenvalue weighted by molar-refractivity contribution is -0.136. The van der Waals surface area contributed by atoms with Crippen molar-refractivity contribution in [2.75, 3.05) is 11.4 Å². The number of anilines is 1. The van der Waals surface area contributed by atoms with E-state index in [1.54, 1.807) is 13.0 Å². The Morgan fingerprint density at radius 2 is 2.05 bits per heavy atom. The summed E-state index contributed by atoms with van der Waals surface area (Å²) in [6.07, 6.45) is 1.32. The van der Waals surface area contributed by atoms with E-state index in [-0.39, 0.29) is 24.8 Å². The van der Waals surface area contributed by atoms with Crippen LogP contribution in [0.2, 0.25) is 0 Å². The van der Waals surface area contributed by atoms with Gasteiger partial charge in [0.2, 0.25) is 5.91 Å². The van der Waals surface area contributed by atoms with E-state index in [2.05, 4.69) is 5.16 Å². The molecule has 0 aromatic carbocycles. The average molecular weight is 268 g/mol. The van der Waals surface area contributed by atoms with Crippen molar-refractivity contribution in [2.24, 2.45) is 5.92 Å². The van der Waals surface area contributed by atoms with Crippen molar-refractivity contribution in [3.8, 4) is 0 Å². The average Bonchev–Trinajstić information content (AvgIpc) is 2.77. The minimum atomic E-state index is -0.942. The van der Waals surface area contributed by atoms with Crippen molar-refractivity contribution < 1.29 is 19.2 Å². The highest BCUT2D eigenvalue weighted by Crippen LogP contribution is 2.20. The maximum absolute atomic E-state index is 12.4. The maximum Gasteiger partial charge on any atom is 0.305 e. The molecule has 0 aliphatic heterocycles. The fraction of sp³-hybridized carbons (Fsp3) is 0.615. The predicted octanol–water partition coefficient (Wildman–Crippen LogP) is 2.23. The van der Waals surface area contributed by atoms with Gasteiger partial charge in [0, 0.05) is 18.5 Å². The molecule has 1 heterocycles. The molecule has 1 amide bonds. The first-order valence-corrected chi connectivity index (χ1v) is 6.46. The number of carbonyl (C=O) groups is 2. The minimum absolute atomic E-state index is 0.0976. The quantitative estimate of drug-likeness (QED) is 0.819. The third-order valence-corrected chi connectivity index (χ3v) is 3.04. The van der Waals surface area contributed by atoms with Crippen molar-refractivity contribution in [3.63, 3.8) is 0 Å². The Morgan fingerprint density at radius 3 is 2.47 bits per heavy atom. The van der Waals surface area contributed by atoms with Crippen molar-refractivity contribution in [1.82, 2.24) is 5.16 Å². The molecule has 0 radical (unpaired) electrons. The normalized spacial score (nSPS) is 10.7. The second kappa shape index (κ2) is 6.92. The minimum Gasteiger partial charge on any atom is -0.481 e. The number of carboxylic acids is 1. The van der Waals surface area contributed by atoms with Gasteiger partial charge in [0.05, 0.1) is 6.42 Å². The zero-order valence-electron chi connectivity index (χ0n) is 11.5. The lowest BCUT2D eigenvalue weighted by atomic mass is 10.0. The molecule has 6 heteroatoms. The second-order valence-corrected chi connectivity index (χ2v) is 4.44. The number of nitrogens with zero attached hydrogens (tertiary/aromatic N) is 2. The van der Waals surface area contributed by atoms with Crippen LogP contribution in [0.5, 0.6) is 0 Å². The summed E-state index contributed by atoms with van der Waals surface area (Å²) < 4.78 is 4.96. The van der Waals surface area contributed by atoms with Gasteiger partial charge in [-0.05, 0) is 19.8 Å². The number of rotatable bonds is 7. The summed E-state index contributed by atoms with van der Waals surface area (Å²) in [5.74, 6) is -0.184. The number of hydrogen-bond donors (Lipinski definition) is 1. The Morgan fingerprint density at radius 1 is 1.42 bits per heavy atom. The van der Waals surface area contributed by atoms with E-state index in [1.807, 2.05) is 13.8 Å². The zero-order valence-corrected chi connectivity index (χ0v) is 11.5. The first-order chi connectivity index (χ1) is 8.99. The van der Waals surface area contributed by atoms with E-state index in [0.29, 0.717) is 11.6 Å². The van der Waals surface area contributed by atoms with Gasteiger partial charge in [0.1, 0.15) is 5.76 Å². The molecule has 0 aliphatic carbocycles. The van der Waals surface area contributed by atoms with Crippen LogP contribution in [0.3, 0.4) is 0 Å². The van der Waals surface area contributed by atoms with Gasteiger partial charge in [0.25, 0.3) is 0 Å². The molecular formula is C13H20N2O4. The Labute approximate surface area is 112 Å². The largest absolute Gasteiger partial charge is 0.481 e. The summed E-state index contributed by atoms with van der Waals surface area (Å²) in [5, 5.41) is 12.6. The van der Waals surface area contributed by atoms with Crippen molar-refractivity contribution in [1.29, 1.82) is 0 Å². The van der Waals surface area contributed by atoms with Crippen LogP contribution < -0.4 is 4.90 Å². The second-order valence-electron chi connectivity index (χ2n) is 4.44. The number of aryl methyl sites for hydroxylation is 1. The van der Waals surface area contributed by atoms with Crippen LogP contribution >= 0.6 is 0 Å². The molecule has 0 saturated heterocycles. The van der Waals surface area contributed by atoms with Crippen LogP contribution in [-0.2, 0) is 9.59 Å². The van der Waals surface area contributed by atoms with Crippen LogP contribution in [0, 0.1) is 12.8 Å². The van der Waals surface area contributed by atoms with Crippen LogP contribution in [-0.4, -0.2) is 28.7 Å². The molecular weight excluding hydrogens is 248 g/mol. The molecule has 0 bridgehead atoms. The number of carboxylic acid groups (broad SMARTS) is 1. The van der Waals surface area contributed by atoms with Crippen molar-refractivity contribution >= 4 is 17.7 Å². The van der Waals surface area contributed by atoms with Gasteiger partial charge >= 0.3 is 5.97 Å². The van der Waals surface area contributed by atoms with E-state index in [4.69, 9.17) is 9.63 Å². The number of aliphatic carboxylic acids is 1. The number of amides is 1. The molecule has 0 atom stereocenters. The fourth-order valence-corrected chi connectivity index (χ4v) is 1.88. The Kier molecular flexibility index (Phi) is 5.54. The van der Waals surface area contributed by atoms with Crippen molar-refractivity contribution in [3.05, 3.63) is 11.8 Å². The molecule has 0 fully saturated rings. The number of aromatic nitrogens is 1. The zero-order chi connectivity index (χ0) is 14.4. The Hall–Kier alpha value is -1.85. The van der Waals surface area contributed by atoms with Gasteiger partial charge in [0.15, 0.2) is 5.82 Å².